The molecule has 3 heterocycles. The van der Waals surface area contributed by atoms with Crippen LogP contribution in [0, 0.1) is 5.92 Å². The number of halogens is 1. The van der Waals surface area contributed by atoms with Gasteiger partial charge in [0.25, 0.3) is 0 Å². The van der Waals surface area contributed by atoms with Crippen LogP contribution in [-0.4, -0.2) is 31.1 Å². The molecule has 0 unspecified atom stereocenters. The van der Waals surface area contributed by atoms with Crippen LogP contribution in [0.3, 0.4) is 0 Å². The summed E-state index contributed by atoms with van der Waals surface area (Å²) in [5.41, 5.74) is 2.59. The van der Waals surface area contributed by atoms with Gasteiger partial charge >= 0.3 is 0 Å². The van der Waals surface area contributed by atoms with Gasteiger partial charge in [-0.15, -0.1) is 12.4 Å². The Bertz CT molecular complexity index is 620. The van der Waals surface area contributed by atoms with Crippen molar-refractivity contribution >= 4 is 12.4 Å². The second-order valence-electron chi connectivity index (χ2n) is 6.60. The van der Waals surface area contributed by atoms with E-state index >= 15 is 0 Å². The number of nitrogens with one attached hydrogen (secondary N) is 1. The van der Waals surface area contributed by atoms with Crippen molar-refractivity contribution in [3.63, 3.8) is 0 Å². The average Bonchev–Trinajstić information content (AvgIpc) is 3.00. The molecule has 1 saturated heterocycles. The van der Waals surface area contributed by atoms with E-state index in [1.165, 1.54) is 55.9 Å². The number of hydrogen-bond donors (Lipinski definition) is 1. The monoisotopic (exact) mass is 332 g/mol. The van der Waals surface area contributed by atoms with Gasteiger partial charge in [-0.25, -0.2) is 0 Å². The maximum atomic E-state index is 6.16. The van der Waals surface area contributed by atoms with Gasteiger partial charge in [-0.3, -0.25) is 4.90 Å². The molecule has 0 radical (unpaired) electrons. The number of rotatable bonds is 3. The second kappa shape index (κ2) is 7.52. The highest BCUT2D eigenvalue weighted by Crippen LogP contribution is 2.30. The summed E-state index contributed by atoms with van der Waals surface area (Å²) in [5, 5.41) is 3.45. The zero-order chi connectivity index (χ0) is 14.8. The van der Waals surface area contributed by atoms with Crippen molar-refractivity contribution in [2.45, 2.75) is 25.8 Å². The normalized spacial score (nSPS) is 19.1. The summed E-state index contributed by atoms with van der Waals surface area (Å²) < 4.78 is 6.16. The van der Waals surface area contributed by atoms with E-state index in [9.17, 15) is 0 Å². The van der Waals surface area contributed by atoms with Gasteiger partial charge in [0.2, 0.25) is 0 Å². The Labute approximate surface area is 144 Å². The molecule has 0 bridgehead atoms. The van der Waals surface area contributed by atoms with E-state index in [4.69, 9.17) is 4.42 Å². The maximum absolute atomic E-state index is 6.16. The fourth-order valence-electron chi connectivity index (χ4n) is 3.70. The van der Waals surface area contributed by atoms with Crippen molar-refractivity contribution in [3.05, 3.63) is 47.7 Å². The lowest BCUT2D eigenvalue weighted by molar-refractivity contribution is 0.178. The molecule has 2 aliphatic rings. The summed E-state index contributed by atoms with van der Waals surface area (Å²) in [4.78, 5) is 2.58. The molecule has 2 aliphatic heterocycles. The Morgan fingerprint density at radius 1 is 1.13 bits per heavy atom. The third kappa shape index (κ3) is 3.79. The van der Waals surface area contributed by atoms with Crippen LogP contribution in [0.2, 0.25) is 0 Å². The van der Waals surface area contributed by atoms with E-state index in [0.29, 0.717) is 0 Å². The van der Waals surface area contributed by atoms with Crippen LogP contribution < -0.4 is 5.32 Å². The Kier molecular flexibility index (Phi) is 5.42. The molecule has 1 aromatic heterocycles. The van der Waals surface area contributed by atoms with Gasteiger partial charge in [0.15, 0.2) is 0 Å². The first-order valence-corrected chi connectivity index (χ1v) is 8.48. The highest BCUT2D eigenvalue weighted by Gasteiger charge is 2.24. The smallest absolute Gasteiger partial charge is 0.134 e. The van der Waals surface area contributed by atoms with E-state index < -0.39 is 0 Å². The zero-order valence-corrected chi connectivity index (χ0v) is 14.3. The minimum absolute atomic E-state index is 0. The summed E-state index contributed by atoms with van der Waals surface area (Å²) in [6, 6.07) is 12.7. The van der Waals surface area contributed by atoms with Gasteiger partial charge in [0.1, 0.15) is 11.5 Å². The van der Waals surface area contributed by atoms with Gasteiger partial charge in [-0.05, 0) is 49.9 Å². The van der Waals surface area contributed by atoms with E-state index in [-0.39, 0.29) is 12.4 Å². The van der Waals surface area contributed by atoms with Crippen molar-refractivity contribution in [2.75, 3.05) is 26.2 Å². The zero-order valence-electron chi connectivity index (χ0n) is 13.5. The van der Waals surface area contributed by atoms with Gasteiger partial charge in [0.05, 0.1) is 6.54 Å². The van der Waals surface area contributed by atoms with Crippen LogP contribution in [0.25, 0.3) is 11.3 Å². The molecule has 2 aromatic rings. The predicted molar refractivity (Wildman–Crippen MR) is 96.0 cm³/mol. The van der Waals surface area contributed by atoms with Crippen molar-refractivity contribution in [2.24, 2.45) is 5.92 Å². The minimum atomic E-state index is 0. The molecule has 23 heavy (non-hydrogen) atoms. The van der Waals surface area contributed by atoms with E-state index in [1.807, 2.05) is 6.07 Å². The average molecular weight is 333 g/mol. The lowest BCUT2D eigenvalue weighted by atomic mass is 9.96. The largest absolute Gasteiger partial charge is 0.459 e. The van der Waals surface area contributed by atoms with Crippen molar-refractivity contribution in [1.29, 1.82) is 0 Å². The standard InChI is InChI=1S/C19H24N2O.ClH/c1-2-4-16(5-3-1)18-12-17-8-11-21(14-19(17)22-18)13-15-6-9-20-10-7-15;/h1-5,12,15,20H,6-11,13-14H2;1H. The van der Waals surface area contributed by atoms with Crippen LogP contribution in [0.5, 0.6) is 0 Å². The molecule has 3 nitrogen and oxygen atoms in total. The van der Waals surface area contributed by atoms with Crippen LogP contribution in [0.4, 0.5) is 0 Å². The van der Waals surface area contributed by atoms with Gasteiger partial charge in [-0.2, -0.15) is 0 Å². The molecule has 4 heteroatoms. The first kappa shape index (κ1) is 16.6. The molecule has 1 aromatic carbocycles. The van der Waals surface area contributed by atoms with Crippen LogP contribution in [0.1, 0.15) is 24.2 Å². The number of benzene rings is 1. The Hall–Kier alpha value is -1.29. The molecule has 0 atom stereocenters. The van der Waals surface area contributed by atoms with Crippen molar-refractivity contribution in [1.82, 2.24) is 10.2 Å². The number of piperidine rings is 1. The SMILES string of the molecule is Cl.c1ccc(-c2cc3c(o2)CN(CC2CCNCC2)CC3)cc1. The maximum Gasteiger partial charge on any atom is 0.134 e. The fourth-order valence-corrected chi connectivity index (χ4v) is 3.70. The minimum Gasteiger partial charge on any atom is -0.459 e. The second-order valence-corrected chi connectivity index (χ2v) is 6.60. The first-order chi connectivity index (χ1) is 10.9. The third-order valence-electron chi connectivity index (χ3n) is 4.99. The highest BCUT2D eigenvalue weighted by atomic mass is 35.5. The lowest BCUT2D eigenvalue weighted by Crippen LogP contribution is -2.38. The number of furan rings is 1. The van der Waals surface area contributed by atoms with E-state index in [0.717, 1.165) is 24.6 Å². The van der Waals surface area contributed by atoms with Gasteiger partial charge < -0.3 is 9.73 Å². The van der Waals surface area contributed by atoms with E-state index in [2.05, 4.69) is 40.5 Å². The molecule has 1 N–H and O–H groups in total. The molecule has 0 saturated carbocycles. The van der Waals surface area contributed by atoms with Gasteiger partial charge in [0, 0.05) is 18.7 Å². The number of fused-ring (bicyclic) bond motifs is 1. The summed E-state index contributed by atoms with van der Waals surface area (Å²) in [6.45, 7) is 5.74. The Balaban J connectivity index is 0.00000156. The van der Waals surface area contributed by atoms with Gasteiger partial charge in [-0.1, -0.05) is 30.3 Å². The van der Waals surface area contributed by atoms with Crippen LogP contribution in [0.15, 0.2) is 40.8 Å². The predicted octanol–water partition coefficient (Wildman–Crippen LogP) is 3.73. The highest BCUT2D eigenvalue weighted by molar-refractivity contribution is 5.85. The summed E-state index contributed by atoms with van der Waals surface area (Å²) >= 11 is 0. The molecular weight excluding hydrogens is 308 g/mol. The molecule has 0 amide bonds. The Morgan fingerprint density at radius 3 is 2.70 bits per heavy atom. The number of hydrogen-bond acceptors (Lipinski definition) is 3. The molecule has 1 fully saturated rings. The number of nitrogens with zero attached hydrogens (tertiary/aromatic N) is 1. The quantitative estimate of drug-likeness (QED) is 0.928. The summed E-state index contributed by atoms with van der Waals surface area (Å²) in [5.74, 6) is 3.06. The van der Waals surface area contributed by atoms with Crippen molar-refractivity contribution in [3.8, 4) is 11.3 Å². The molecule has 124 valence electrons. The van der Waals surface area contributed by atoms with Crippen LogP contribution in [-0.2, 0) is 13.0 Å². The lowest BCUT2D eigenvalue weighted by Gasteiger charge is -2.31. The third-order valence-corrected chi connectivity index (χ3v) is 4.99. The topological polar surface area (TPSA) is 28.4 Å². The van der Waals surface area contributed by atoms with Crippen molar-refractivity contribution < 1.29 is 4.42 Å². The fraction of sp³-hybridized carbons (Fsp3) is 0.474. The first-order valence-electron chi connectivity index (χ1n) is 8.48. The molecular formula is C19H25ClN2O. The molecule has 0 aliphatic carbocycles. The van der Waals surface area contributed by atoms with E-state index in [1.54, 1.807) is 0 Å². The summed E-state index contributed by atoms with van der Waals surface area (Å²) in [7, 11) is 0. The molecule has 0 spiro atoms. The molecule has 4 rings (SSSR count). The van der Waals surface area contributed by atoms with Crippen LogP contribution >= 0.6 is 12.4 Å². The summed E-state index contributed by atoms with van der Waals surface area (Å²) in [6.07, 6.45) is 3.75. The Morgan fingerprint density at radius 2 is 1.91 bits per heavy atom.